The van der Waals surface area contributed by atoms with Gasteiger partial charge in [0.2, 0.25) is 9.84 Å². The highest BCUT2D eigenvalue weighted by Gasteiger charge is 2.31. The van der Waals surface area contributed by atoms with Gasteiger partial charge < -0.3 is 14.2 Å². The number of methoxy groups -OCH3 is 3. The Morgan fingerprint density at radius 2 is 1.61 bits per heavy atom. The Kier molecular flexibility index (Phi) is 6.57. The molecule has 0 radical (unpaired) electrons. The Labute approximate surface area is 161 Å². The van der Waals surface area contributed by atoms with Crippen LogP contribution >= 0.6 is 0 Å². The van der Waals surface area contributed by atoms with Gasteiger partial charge in [-0.1, -0.05) is 12.1 Å². The van der Waals surface area contributed by atoms with E-state index in [0.717, 1.165) is 18.2 Å². The lowest BCUT2D eigenvalue weighted by Gasteiger charge is -2.12. The van der Waals surface area contributed by atoms with E-state index < -0.39 is 31.4 Å². The highest BCUT2D eigenvalue weighted by molar-refractivity contribution is 7.94. The zero-order valence-corrected chi connectivity index (χ0v) is 16.2. The van der Waals surface area contributed by atoms with Gasteiger partial charge in [-0.25, -0.2) is 12.8 Å². The summed E-state index contributed by atoms with van der Waals surface area (Å²) in [6.45, 7) is 0. The van der Waals surface area contributed by atoms with Crippen LogP contribution in [0.15, 0.2) is 41.4 Å². The number of sulfone groups is 1. The van der Waals surface area contributed by atoms with Crippen LogP contribution in [-0.4, -0.2) is 34.7 Å². The van der Waals surface area contributed by atoms with E-state index in [-0.39, 0.29) is 22.6 Å². The second-order valence-corrected chi connectivity index (χ2v) is 7.51. The van der Waals surface area contributed by atoms with Gasteiger partial charge in [0.05, 0.1) is 37.6 Å². The molecule has 0 saturated carbocycles. The van der Waals surface area contributed by atoms with E-state index in [1.807, 2.05) is 0 Å². The molecule has 0 aromatic heterocycles. The fraction of sp³-hybridized carbons (Fsp3) is 0.222. The van der Waals surface area contributed by atoms with Crippen molar-refractivity contribution in [1.82, 2.24) is 0 Å². The van der Waals surface area contributed by atoms with Gasteiger partial charge in [0, 0.05) is 18.2 Å². The third-order valence-corrected chi connectivity index (χ3v) is 5.41. The van der Waals surface area contributed by atoms with Crippen molar-refractivity contribution in [2.45, 2.75) is 5.75 Å². The fourth-order valence-corrected chi connectivity index (χ4v) is 3.73. The third-order valence-electron chi connectivity index (χ3n) is 3.79. The summed E-state index contributed by atoms with van der Waals surface area (Å²) in [6.07, 6.45) is 0.871. The Morgan fingerprint density at radius 1 is 1.07 bits per heavy atom. The summed E-state index contributed by atoms with van der Waals surface area (Å²) >= 11 is 0. The molecule has 8 nitrogen and oxygen atoms in total. The number of ether oxygens (including phenoxy) is 3. The number of nitrogens with zero attached hydrogens (tertiary/aromatic N) is 1. The van der Waals surface area contributed by atoms with Crippen molar-refractivity contribution in [2.24, 2.45) is 0 Å². The minimum Gasteiger partial charge on any atom is -0.496 e. The lowest BCUT2D eigenvalue weighted by Crippen LogP contribution is -2.14. The topological polar surface area (TPSA) is 105 Å². The molecule has 0 unspecified atom stereocenters. The molecule has 2 aromatic rings. The molecular weight excluding hydrogens is 393 g/mol. The van der Waals surface area contributed by atoms with Crippen LogP contribution in [0.1, 0.15) is 11.1 Å². The Morgan fingerprint density at radius 3 is 2.04 bits per heavy atom. The first-order valence-corrected chi connectivity index (χ1v) is 9.50. The van der Waals surface area contributed by atoms with Crippen molar-refractivity contribution in [2.75, 3.05) is 21.3 Å². The lowest BCUT2D eigenvalue weighted by atomic mass is 10.1. The average Bonchev–Trinajstić information content (AvgIpc) is 2.66. The smallest absolute Gasteiger partial charge is 0.360 e. The zero-order valence-electron chi connectivity index (χ0n) is 15.3. The Hall–Kier alpha value is -3.14. The van der Waals surface area contributed by atoms with Gasteiger partial charge in [-0.2, -0.15) is 0 Å². The van der Waals surface area contributed by atoms with Crippen molar-refractivity contribution < 1.29 is 31.9 Å². The normalized spacial score (nSPS) is 11.8. The van der Waals surface area contributed by atoms with E-state index in [1.54, 1.807) is 0 Å². The molecule has 0 aliphatic carbocycles. The molecule has 2 aromatic carbocycles. The van der Waals surface area contributed by atoms with Crippen molar-refractivity contribution in [3.8, 4) is 17.2 Å². The fourth-order valence-electron chi connectivity index (χ4n) is 2.43. The van der Waals surface area contributed by atoms with Crippen LogP contribution in [-0.2, 0) is 15.6 Å². The minimum absolute atomic E-state index is 0.0696. The number of halogens is 1. The molecule has 0 saturated heterocycles. The summed E-state index contributed by atoms with van der Waals surface area (Å²) in [4.78, 5) is 10.5. The maximum absolute atomic E-state index is 13.0. The predicted molar refractivity (Wildman–Crippen MR) is 100 cm³/mol. The lowest BCUT2D eigenvalue weighted by molar-refractivity contribution is -0.410. The largest absolute Gasteiger partial charge is 0.496 e. The Bertz CT molecular complexity index is 976. The summed E-state index contributed by atoms with van der Waals surface area (Å²) in [5.74, 6) is -0.581. The average molecular weight is 411 g/mol. The standard InChI is InChI=1S/C18H18FNO7S/c1-25-14-8-16(26-2)15(17(9-14)27-3)10-18(20(21)22)28(23,24)11-12-4-6-13(19)7-5-12/h4-10H,11H2,1-3H3/b18-10-. The molecule has 28 heavy (non-hydrogen) atoms. The Balaban J connectivity index is 2.58. The van der Waals surface area contributed by atoms with Crippen LogP contribution in [0.25, 0.3) is 6.08 Å². The monoisotopic (exact) mass is 411 g/mol. The number of hydrogen-bond acceptors (Lipinski definition) is 7. The van der Waals surface area contributed by atoms with Crippen LogP contribution in [0, 0.1) is 15.9 Å². The summed E-state index contributed by atoms with van der Waals surface area (Å²) in [7, 11) is -0.291. The van der Waals surface area contributed by atoms with Crippen LogP contribution in [0.3, 0.4) is 0 Å². The third kappa shape index (κ3) is 4.77. The molecule has 0 spiro atoms. The molecule has 10 heteroatoms. The number of nitro groups is 1. The second kappa shape index (κ2) is 8.70. The quantitative estimate of drug-likeness (QED) is 0.486. The molecule has 150 valence electrons. The first-order chi connectivity index (χ1) is 13.2. The molecule has 0 fully saturated rings. The molecule has 0 amide bonds. The summed E-state index contributed by atoms with van der Waals surface area (Å²) in [5.41, 5.74) is 0.281. The van der Waals surface area contributed by atoms with Gasteiger partial charge in [-0.3, -0.25) is 10.1 Å². The predicted octanol–water partition coefficient (Wildman–Crippen LogP) is 3.04. The molecule has 0 bridgehead atoms. The molecule has 0 heterocycles. The van der Waals surface area contributed by atoms with Crippen LogP contribution in [0.2, 0.25) is 0 Å². The van der Waals surface area contributed by atoms with Crippen molar-refractivity contribution in [1.29, 1.82) is 0 Å². The maximum Gasteiger partial charge on any atom is 0.360 e. The maximum atomic E-state index is 13.0. The minimum atomic E-state index is -4.35. The van der Waals surface area contributed by atoms with Crippen LogP contribution < -0.4 is 14.2 Å². The highest BCUT2D eigenvalue weighted by atomic mass is 32.2. The number of hydrogen-bond donors (Lipinski definition) is 0. The van der Waals surface area contributed by atoms with Gasteiger partial charge in [0.1, 0.15) is 23.1 Å². The van der Waals surface area contributed by atoms with Crippen LogP contribution in [0.5, 0.6) is 17.2 Å². The van der Waals surface area contributed by atoms with Crippen molar-refractivity contribution in [3.05, 3.63) is 68.5 Å². The van der Waals surface area contributed by atoms with Gasteiger partial charge in [-0.05, 0) is 17.7 Å². The summed E-state index contributed by atoms with van der Waals surface area (Å²) in [5, 5.41) is 10.5. The summed E-state index contributed by atoms with van der Waals surface area (Å²) in [6, 6.07) is 7.54. The van der Waals surface area contributed by atoms with Gasteiger partial charge >= 0.3 is 5.03 Å². The van der Waals surface area contributed by atoms with Crippen LogP contribution in [0.4, 0.5) is 4.39 Å². The molecule has 2 rings (SSSR count). The number of rotatable bonds is 8. The SMILES string of the molecule is COc1cc(OC)c(/C=C(/[N+](=O)[O-])S(=O)(=O)Cc2ccc(F)cc2)c(OC)c1. The van der Waals surface area contributed by atoms with E-state index >= 15 is 0 Å². The van der Waals surface area contributed by atoms with E-state index in [9.17, 15) is 22.9 Å². The van der Waals surface area contributed by atoms with Crippen molar-refractivity contribution in [3.63, 3.8) is 0 Å². The first kappa shape index (κ1) is 21.2. The number of benzene rings is 2. The van der Waals surface area contributed by atoms with Crippen molar-refractivity contribution >= 4 is 15.9 Å². The zero-order chi connectivity index (χ0) is 20.9. The van der Waals surface area contributed by atoms with E-state index in [4.69, 9.17) is 14.2 Å². The van der Waals surface area contributed by atoms with E-state index in [2.05, 4.69) is 0 Å². The van der Waals surface area contributed by atoms with E-state index in [1.165, 1.54) is 45.6 Å². The molecule has 0 atom stereocenters. The van der Waals surface area contributed by atoms with E-state index in [0.29, 0.717) is 5.75 Å². The molecular formula is C18H18FNO7S. The second-order valence-electron chi connectivity index (χ2n) is 5.57. The molecule has 0 aliphatic heterocycles. The highest BCUT2D eigenvalue weighted by Crippen LogP contribution is 2.36. The summed E-state index contributed by atoms with van der Waals surface area (Å²) < 4.78 is 53.8. The van der Waals surface area contributed by atoms with Gasteiger partial charge in [0.15, 0.2) is 0 Å². The molecule has 0 aliphatic rings. The van der Waals surface area contributed by atoms with Gasteiger partial charge in [0.25, 0.3) is 0 Å². The first-order valence-electron chi connectivity index (χ1n) is 7.85. The molecule has 0 N–H and O–H groups in total. The van der Waals surface area contributed by atoms with Gasteiger partial charge in [-0.15, -0.1) is 0 Å².